The summed E-state index contributed by atoms with van der Waals surface area (Å²) in [5, 5.41) is 3.74. The van der Waals surface area contributed by atoms with Gasteiger partial charge in [0.2, 0.25) is 0 Å². The molecule has 2 fully saturated rings. The van der Waals surface area contributed by atoms with E-state index in [1.807, 2.05) is 0 Å². The van der Waals surface area contributed by atoms with Gasteiger partial charge >= 0.3 is 0 Å². The minimum absolute atomic E-state index is 0.289. The Morgan fingerprint density at radius 2 is 1.84 bits per heavy atom. The number of likely N-dealkylation sites (tertiary alicyclic amines) is 1. The number of hydrogen-bond donors (Lipinski definition) is 1. The standard InChI is InChI=1S/C17H34N2/c1-5-17(3,4)18-12-14(2)19-11-10-15-8-6-7-9-16(15)13-19/h14-16,18H,5-13H2,1-4H3. The Morgan fingerprint density at radius 1 is 1.16 bits per heavy atom. The Bertz CT molecular complexity index is 274. The third-order valence-electron chi connectivity index (χ3n) is 5.71. The predicted molar refractivity (Wildman–Crippen MR) is 83.5 cm³/mol. The molecule has 2 rings (SSSR count). The van der Waals surface area contributed by atoms with Gasteiger partial charge in [-0.3, -0.25) is 4.90 Å². The molecule has 0 amide bonds. The van der Waals surface area contributed by atoms with Crippen LogP contribution in [0.3, 0.4) is 0 Å². The monoisotopic (exact) mass is 266 g/mol. The summed E-state index contributed by atoms with van der Waals surface area (Å²) in [6.45, 7) is 13.1. The Morgan fingerprint density at radius 3 is 2.53 bits per heavy atom. The second-order valence-corrected chi connectivity index (χ2v) is 7.56. The SMILES string of the molecule is CCC(C)(C)NCC(C)N1CCC2CCCCC2C1. The molecule has 2 aliphatic rings. The van der Waals surface area contributed by atoms with Gasteiger partial charge in [0.1, 0.15) is 0 Å². The molecule has 1 aliphatic carbocycles. The highest BCUT2D eigenvalue weighted by Crippen LogP contribution is 2.36. The fraction of sp³-hybridized carbons (Fsp3) is 1.00. The van der Waals surface area contributed by atoms with Gasteiger partial charge in [-0.2, -0.15) is 0 Å². The van der Waals surface area contributed by atoms with Crippen molar-refractivity contribution in [3.05, 3.63) is 0 Å². The minimum Gasteiger partial charge on any atom is -0.310 e. The van der Waals surface area contributed by atoms with Crippen LogP contribution in [0.1, 0.15) is 66.2 Å². The lowest BCUT2D eigenvalue weighted by atomic mass is 9.75. The molecule has 0 bridgehead atoms. The van der Waals surface area contributed by atoms with E-state index in [2.05, 4.69) is 37.9 Å². The van der Waals surface area contributed by atoms with Crippen molar-refractivity contribution in [3.8, 4) is 0 Å². The topological polar surface area (TPSA) is 15.3 Å². The van der Waals surface area contributed by atoms with Crippen LogP contribution in [-0.4, -0.2) is 36.1 Å². The molecule has 112 valence electrons. The van der Waals surface area contributed by atoms with Gasteiger partial charge < -0.3 is 5.32 Å². The molecule has 3 atom stereocenters. The van der Waals surface area contributed by atoms with Crippen LogP contribution in [0.5, 0.6) is 0 Å². The Labute approximate surface area is 120 Å². The van der Waals surface area contributed by atoms with Crippen LogP contribution in [0.2, 0.25) is 0 Å². The van der Waals surface area contributed by atoms with Gasteiger partial charge in [0.15, 0.2) is 0 Å². The molecule has 1 saturated heterocycles. The van der Waals surface area contributed by atoms with Crippen LogP contribution in [0, 0.1) is 11.8 Å². The van der Waals surface area contributed by atoms with Gasteiger partial charge in [-0.15, -0.1) is 0 Å². The molecule has 1 N–H and O–H groups in total. The molecule has 1 aliphatic heterocycles. The fourth-order valence-electron chi connectivity index (χ4n) is 3.71. The molecule has 0 aromatic rings. The number of nitrogens with zero attached hydrogens (tertiary/aromatic N) is 1. The molecular weight excluding hydrogens is 232 g/mol. The second-order valence-electron chi connectivity index (χ2n) is 7.56. The normalized spacial score (nSPS) is 30.9. The summed E-state index contributed by atoms with van der Waals surface area (Å²) >= 11 is 0. The number of hydrogen-bond acceptors (Lipinski definition) is 2. The molecule has 0 radical (unpaired) electrons. The first-order chi connectivity index (χ1) is 9.02. The first-order valence-corrected chi connectivity index (χ1v) is 8.51. The fourth-order valence-corrected chi connectivity index (χ4v) is 3.71. The average molecular weight is 266 g/mol. The third-order valence-corrected chi connectivity index (χ3v) is 5.71. The predicted octanol–water partition coefficient (Wildman–Crippen LogP) is 3.67. The molecule has 0 spiro atoms. The molecule has 2 heteroatoms. The summed E-state index contributed by atoms with van der Waals surface area (Å²) in [5.41, 5.74) is 0.289. The Hall–Kier alpha value is -0.0800. The molecule has 19 heavy (non-hydrogen) atoms. The van der Waals surface area contributed by atoms with Crippen molar-refractivity contribution in [1.82, 2.24) is 10.2 Å². The van der Waals surface area contributed by atoms with Crippen LogP contribution in [-0.2, 0) is 0 Å². The van der Waals surface area contributed by atoms with Gasteiger partial charge in [0.25, 0.3) is 0 Å². The number of rotatable bonds is 5. The smallest absolute Gasteiger partial charge is 0.0192 e. The largest absolute Gasteiger partial charge is 0.310 e. The second kappa shape index (κ2) is 6.58. The van der Waals surface area contributed by atoms with Gasteiger partial charge in [0, 0.05) is 24.7 Å². The average Bonchev–Trinajstić information content (AvgIpc) is 2.44. The van der Waals surface area contributed by atoms with Crippen molar-refractivity contribution in [3.63, 3.8) is 0 Å². The summed E-state index contributed by atoms with van der Waals surface area (Å²) in [6, 6.07) is 0.689. The number of piperidine rings is 1. The van der Waals surface area contributed by atoms with Crippen molar-refractivity contribution >= 4 is 0 Å². The molecule has 2 nitrogen and oxygen atoms in total. The highest BCUT2D eigenvalue weighted by Gasteiger charge is 2.32. The highest BCUT2D eigenvalue weighted by molar-refractivity contribution is 4.87. The Balaban J connectivity index is 1.78. The number of fused-ring (bicyclic) bond motifs is 1. The van der Waals surface area contributed by atoms with Gasteiger partial charge in [-0.05, 0) is 58.4 Å². The maximum atomic E-state index is 3.74. The summed E-state index contributed by atoms with van der Waals surface area (Å²) < 4.78 is 0. The lowest BCUT2D eigenvalue weighted by molar-refractivity contribution is 0.0595. The van der Waals surface area contributed by atoms with Crippen LogP contribution in [0.25, 0.3) is 0 Å². The maximum Gasteiger partial charge on any atom is 0.0192 e. The zero-order valence-corrected chi connectivity index (χ0v) is 13.5. The van der Waals surface area contributed by atoms with E-state index in [4.69, 9.17) is 0 Å². The summed E-state index contributed by atoms with van der Waals surface area (Å²) in [5.74, 6) is 2.06. The van der Waals surface area contributed by atoms with E-state index in [1.165, 1.54) is 51.6 Å². The zero-order valence-electron chi connectivity index (χ0n) is 13.5. The van der Waals surface area contributed by atoms with Crippen molar-refractivity contribution in [2.24, 2.45) is 11.8 Å². The van der Waals surface area contributed by atoms with Gasteiger partial charge in [-0.25, -0.2) is 0 Å². The Kier molecular flexibility index (Phi) is 5.30. The quantitative estimate of drug-likeness (QED) is 0.817. The van der Waals surface area contributed by atoms with Crippen LogP contribution >= 0.6 is 0 Å². The van der Waals surface area contributed by atoms with E-state index >= 15 is 0 Å². The van der Waals surface area contributed by atoms with Crippen LogP contribution < -0.4 is 5.32 Å². The first kappa shape index (κ1) is 15.3. The van der Waals surface area contributed by atoms with Crippen molar-refractivity contribution in [1.29, 1.82) is 0 Å². The molecular formula is C17H34N2. The molecule has 0 aromatic heterocycles. The van der Waals surface area contributed by atoms with Gasteiger partial charge in [-0.1, -0.05) is 26.2 Å². The van der Waals surface area contributed by atoms with E-state index in [1.54, 1.807) is 0 Å². The third kappa shape index (κ3) is 4.19. The van der Waals surface area contributed by atoms with E-state index in [9.17, 15) is 0 Å². The van der Waals surface area contributed by atoms with E-state index in [0.717, 1.165) is 18.4 Å². The lowest BCUT2D eigenvalue weighted by Gasteiger charge is -2.44. The van der Waals surface area contributed by atoms with Crippen LogP contribution in [0.15, 0.2) is 0 Å². The molecule has 3 unspecified atom stereocenters. The first-order valence-electron chi connectivity index (χ1n) is 8.51. The van der Waals surface area contributed by atoms with Crippen LogP contribution in [0.4, 0.5) is 0 Å². The summed E-state index contributed by atoms with van der Waals surface area (Å²) in [4.78, 5) is 2.74. The highest BCUT2D eigenvalue weighted by atomic mass is 15.2. The van der Waals surface area contributed by atoms with E-state index in [0.29, 0.717) is 6.04 Å². The lowest BCUT2D eigenvalue weighted by Crippen LogP contribution is -2.51. The molecule has 1 heterocycles. The summed E-state index contributed by atoms with van der Waals surface area (Å²) in [6.07, 6.45) is 8.61. The number of nitrogens with one attached hydrogen (secondary N) is 1. The molecule has 1 saturated carbocycles. The summed E-state index contributed by atoms with van der Waals surface area (Å²) in [7, 11) is 0. The van der Waals surface area contributed by atoms with Crippen molar-refractivity contribution < 1.29 is 0 Å². The van der Waals surface area contributed by atoms with E-state index in [-0.39, 0.29) is 5.54 Å². The van der Waals surface area contributed by atoms with E-state index < -0.39 is 0 Å². The van der Waals surface area contributed by atoms with Crippen molar-refractivity contribution in [2.45, 2.75) is 77.8 Å². The molecule has 0 aromatic carbocycles. The van der Waals surface area contributed by atoms with Gasteiger partial charge in [0.05, 0.1) is 0 Å². The van der Waals surface area contributed by atoms with Crippen molar-refractivity contribution in [2.75, 3.05) is 19.6 Å². The minimum atomic E-state index is 0.289. The maximum absolute atomic E-state index is 3.74. The zero-order chi connectivity index (χ0) is 13.9.